The first-order chi connectivity index (χ1) is 19.3. The summed E-state index contributed by atoms with van der Waals surface area (Å²) in [6.45, 7) is 0.622. The summed E-state index contributed by atoms with van der Waals surface area (Å²) in [6, 6.07) is 1.38. The molecule has 1 aliphatic carbocycles. The fraction of sp³-hybridized carbons (Fsp3) is 0.538. The summed E-state index contributed by atoms with van der Waals surface area (Å²) in [5.74, 6) is -1.84. The van der Waals surface area contributed by atoms with Gasteiger partial charge in [0.2, 0.25) is 0 Å². The minimum atomic E-state index is -4.96. The Hall–Kier alpha value is -4.04. The number of carbonyl (C=O) groups excluding carboxylic acids is 2. The highest BCUT2D eigenvalue weighted by Crippen LogP contribution is 2.33. The van der Waals surface area contributed by atoms with Crippen LogP contribution in [-0.2, 0) is 6.54 Å². The number of amides is 4. The quantitative estimate of drug-likeness (QED) is 0.305. The van der Waals surface area contributed by atoms with Gasteiger partial charge in [0.1, 0.15) is 22.9 Å². The van der Waals surface area contributed by atoms with E-state index in [4.69, 9.17) is 0 Å². The molecular formula is C26H32F4N6O5. The Morgan fingerprint density at radius 2 is 1.80 bits per heavy atom. The number of nitrogens with zero attached hydrogens (tertiary/aromatic N) is 3. The molecule has 1 aliphatic heterocycles. The van der Waals surface area contributed by atoms with Crippen molar-refractivity contribution in [2.24, 2.45) is 5.92 Å². The second-order valence-electron chi connectivity index (χ2n) is 10.5. The van der Waals surface area contributed by atoms with Gasteiger partial charge in [-0.15, -0.1) is 13.2 Å². The van der Waals surface area contributed by atoms with Crippen LogP contribution in [0.15, 0.2) is 27.8 Å². The molecule has 0 spiro atoms. The molecule has 1 heterocycles. The molecule has 0 radical (unpaired) electrons. The van der Waals surface area contributed by atoms with Gasteiger partial charge < -0.3 is 35.4 Å². The standard InChI is InChI=1S/C26H32F4N6O5/c1-31-24(39)35-12-14(10-32-20-21(34(2)3)23(38)22(20)37)8-17(13-35)36(16-5-6-16)25(40)33-11-15-4-7-18(9-19(15)27)41-26(28,29)30/h4,7,9,14,16-17,32H,5-6,8,10-13H2,1-3H3,(H,31,39)(H,33,40)/t14?,17-/m1/s1. The topological polar surface area (TPSA) is 123 Å². The van der Waals surface area contributed by atoms with Gasteiger partial charge >= 0.3 is 18.4 Å². The average Bonchev–Trinajstić information content (AvgIpc) is 3.73. The number of anilines is 2. The fourth-order valence-corrected chi connectivity index (χ4v) is 5.18. The van der Waals surface area contributed by atoms with E-state index in [-0.39, 0.29) is 54.6 Å². The Balaban J connectivity index is 1.45. The van der Waals surface area contributed by atoms with Gasteiger partial charge in [0, 0.05) is 65.0 Å². The van der Waals surface area contributed by atoms with Gasteiger partial charge in [0.25, 0.3) is 10.9 Å². The highest BCUT2D eigenvalue weighted by atomic mass is 19.4. The minimum Gasteiger partial charge on any atom is -0.406 e. The number of halogens is 4. The molecule has 2 aromatic rings. The number of hydrogen-bond donors (Lipinski definition) is 3. The second kappa shape index (κ2) is 11.8. The number of benzene rings is 1. The molecule has 1 unspecified atom stereocenters. The van der Waals surface area contributed by atoms with Crippen molar-refractivity contribution >= 4 is 23.4 Å². The van der Waals surface area contributed by atoms with Crippen LogP contribution in [0, 0.1) is 11.7 Å². The van der Waals surface area contributed by atoms with Crippen LogP contribution in [0.5, 0.6) is 5.75 Å². The minimum absolute atomic E-state index is 0.0222. The molecule has 15 heteroatoms. The Kier molecular flexibility index (Phi) is 8.63. The molecule has 3 N–H and O–H groups in total. The number of rotatable bonds is 9. The van der Waals surface area contributed by atoms with Gasteiger partial charge in [-0.05, 0) is 31.2 Å². The van der Waals surface area contributed by atoms with E-state index >= 15 is 0 Å². The first-order valence-corrected chi connectivity index (χ1v) is 13.1. The van der Waals surface area contributed by atoms with Crippen molar-refractivity contribution in [2.45, 2.75) is 44.3 Å². The van der Waals surface area contributed by atoms with E-state index in [2.05, 4.69) is 20.7 Å². The fourth-order valence-electron chi connectivity index (χ4n) is 5.18. The molecule has 4 amide bonds. The number of likely N-dealkylation sites (tertiary alicyclic amines) is 1. The normalized spacial score (nSPS) is 19.0. The largest absolute Gasteiger partial charge is 0.573 e. The molecule has 41 heavy (non-hydrogen) atoms. The molecule has 2 aromatic carbocycles. The van der Waals surface area contributed by atoms with Crippen LogP contribution in [0.2, 0.25) is 0 Å². The van der Waals surface area contributed by atoms with Gasteiger partial charge in [-0.2, -0.15) is 0 Å². The van der Waals surface area contributed by atoms with E-state index in [9.17, 15) is 36.7 Å². The number of nitrogens with one attached hydrogen (secondary N) is 3. The van der Waals surface area contributed by atoms with Gasteiger partial charge in [0.15, 0.2) is 0 Å². The SMILES string of the molecule is CNC(=O)N1CC(CNc2c(N(C)C)c(=O)c2=O)C[C@@H](N(C(=O)NCc2ccc(OC(F)(F)F)cc2F)C2CC2)C1. The van der Waals surface area contributed by atoms with Gasteiger partial charge in [0.05, 0.1) is 6.04 Å². The zero-order valence-corrected chi connectivity index (χ0v) is 22.8. The maximum atomic E-state index is 14.4. The van der Waals surface area contributed by atoms with Gasteiger partial charge in [-0.1, -0.05) is 6.07 Å². The van der Waals surface area contributed by atoms with Crippen molar-refractivity contribution in [3.8, 4) is 5.75 Å². The van der Waals surface area contributed by atoms with Crippen LogP contribution < -0.4 is 36.4 Å². The number of urea groups is 2. The van der Waals surface area contributed by atoms with E-state index in [0.717, 1.165) is 25.0 Å². The molecule has 1 saturated heterocycles. The van der Waals surface area contributed by atoms with Crippen LogP contribution in [0.1, 0.15) is 24.8 Å². The highest BCUT2D eigenvalue weighted by Gasteiger charge is 2.42. The zero-order chi connectivity index (χ0) is 30.1. The first kappa shape index (κ1) is 29.9. The highest BCUT2D eigenvalue weighted by molar-refractivity contribution is 5.77. The Morgan fingerprint density at radius 1 is 1.10 bits per heavy atom. The van der Waals surface area contributed by atoms with E-state index < -0.39 is 40.9 Å². The molecular weight excluding hydrogens is 552 g/mol. The van der Waals surface area contributed by atoms with Crippen molar-refractivity contribution in [1.29, 1.82) is 0 Å². The molecule has 1 saturated carbocycles. The van der Waals surface area contributed by atoms with E-state index in [1.165, 1.54) is 7.05 Å². The van der Waals surface area contributed by atoms with Crippen LogP contribution in [0.4, 0.5) is 38.5 Å². The molecule has 2 fully saturated rings. The third-order valence-electron chi connectivity index (χ3n) is 7.17. The van der Waals surface area contributed by atoms with E-state index in [0.29, 0.717) is 19.0 Å². The summed E-state index contributed by atoms with van der Waals surface area (Å²) >= 11 is 0. The third-order valence-corrected chi connectivity index (χ3v) is 7.17. The van der Waals surface area contributed by atoms with Crippen molar-refractivity contribution in [2.75, 3.05) is 51.0 Å². The predicted molar refractivity (Wildman–Crippen MR) is 142 cm³/mol. The molecule has 2 atom stereocenters. The molecule has 224 valence electrons. The summed E-state index contributed by atoms with van der Waals surface area (Å²) in [5, 5.41) is 8.29. The van der Waals surface area contributed by atoms with Crippen molar-refractivity contribution < 1.29 is 31.9 Å². The zero-order valence-electron chi connectivity index (χ0n) is 22.8. The van der Waals surface area contributed by atoms with Crippen molar-refractivity contribution in [3.63, 3.8) is 0 Å². The predicted octanol–water partition coefficient (Wildman–Crippen LogP) is 2.20. The average molecular weight is 585 g/mol. The Bertz CT molecular complexity index is 1360. The van der Waals surface area contributed by atoms with Crippen LogP contribution in [0.3, 0.4) is 0 Å². The van der Waals surface area contributed by atoms with Gasteiger partial charge in [-0.3, -0.25) is 9.59 Å². The molecule has 2 aliphatic rings. The lowest BCUT2D eigenvalue weighted by atomic mass is 9.92. The lowest BCUT2D eigenvalue weighted by Crippen LogP contribution is -2.58. The summed E-state index contributed by atoms with van der Waals surface area (Å²) in [4.78, 5) is 54.7. The maximum Gasteiger partial charge on any atom is 0.573 e. The van der Waals surface area contributed by atoms with E-state index in [1.807, 2.05) is 0 Å². The van der Waals surface area contributed by atoms with Gasteiger partial charge in [-0.25, -0.2) is 14.0 Å². The summed E-state index contributed by atoms with van der Waals surface area (Å²) < 4.78 is 55.4. The number of piperidine rings is 1. The Morgan fingerprint density at radius 3 is 2.39 bits per heavy atom. The molecule has 0 aromatic heterocycles. The number of carbonyl (C=O) groups is 2. The van der Waals surface area contributed by atoms with Crippen LogP contribution in [0.25, 0.3) is 0 Å². The number of hydrogen-bond acceptors (Lipinski definition) is 7. The first-order valence-electron chi connectivity index (χ1n) is 13.1. The molecule has 4 rings (SSSR count). The lowest BCUT2D eigenvalue weighted by molar-refractivity contribution is -0.274. The summed E-state index contributed by atoms with van der Waals surface area (Å²) in [6.07, 6.45) is -2.96. The Labute approximate surface area is 233 Å². The van der Waals surface area contributed by atoms with Crippen molar-refractivity contribution in [3.05, 3.63) is 50.0 Å². The second-order valence-corrected chi connectivity index (χ2v) is 10.5. The molecule has 11 nitrogen and oxygen atoms in total. The summed E-state index contributed by atoms with van der Waals surface area (Å²) in [5.41, 5.74) is -0.685. The third kappa shape index (κ3) is 7.00. The number of ether oxygens (including phenoxy) is 1. The summed E-state index contributed by atoms with van der Waals surface area (Å²) in [7, 11) is 4.82. The smallest absolute Gasteiger partial charge is 0.406 e. The van der Waals surface area contributed by atoms with Crippen LogP contribution in [-0.4, -0.2) is 81.1 Å². The van der Waals surface area contributed by atoms with Crippen LogP contribution >= 0.6 is 0 Å². The number of alkyl halides is 3. The molecule has 0 bridgehead atoms. The maximum absolute atomic E-state index is 14.4. The van der Waals surface area contributed by atoms with E-state index in [1.54, 1.807) is 28.8 Å². The van der Waals surface area contributed by atoms with Crippen molar-refractivity contribution in [1.82, 2.24) is 20.4 Å². The lowest BCUT2D eigenvalue weighted by Gasteiger charge is -2.43. The monoisotopic (exact) mass is 584 g/mol.